The Labute approximate surface area is 298 Å². The van der Waals surface area contributed by atoms with Crippen molar-refractivity contribution in [3.05, 3.63) is 118 Å². The van der Waals surface area contributed by atoms with Crippen LogP contribution in [0.2, 0.25) is 0 Å². The molecule has 4 rings (SSSR count). The zero-order chi connectivity index (χ0) is 35.0. The summed E-state index contributed by atoms with van der Waals surface area (Å²) in [5.74, 6) is -1.46. The van der Waals surface area contributed by atoms with Crippen LogP contribution in [0.1, 0.15) is 97.1 Å². The Morgan fingerprint density at radius 3 is 2.14 bits per heavy atom. The second kappa shape index (κ2) is 19.5. The molecule has 0 spiro atoms. The zero-order valence-corrected chi connectivity index (χ0v) is 30.1. The lowest BCUT2D eigenvalue weighted by Gasteiger charge is -2.18. The Morgan fingerprint density at radius 1 is 0.755 bits per heavy atom. The smallest absolute Gasteiger partial charge is 0.326 e. The van der Waals surface area contributed by atoms with Gasteiger partial charge in [0.1, 0.15) is 11.8 Å². The first-order valence-corrected chi connectivity index (χ1v) is 18.1. The Bertz CT molecular complexity index is 1670. The fourth-order valence-electron chi connectivity index (χ4n) is 5.64. The van der Waals surface area contributed by atoms with Crippen LogP contribution in [-0.2, 0) is 17.6 Å². The Balaban J connectivity index is 1.48. The highest BCUT2D eigenvalue weighted by Gasteiger charge is 2.24. The standard InChI is InChI=1S/C41H47BrN2O5/c1-3-5-7-10-14-29-17-20-32(21-18-29)39(45)43-36-24-22-33(42)28-35(36)40(46)44-37(41(47)48)26-30-19-23-34(31-15-11-9-12-16-31)38(27-30)49-25-13-8-6-4-2/h9,11-12,15-24,27-28,37H,3-8,10,13-14,25-26H2,1-2H3,(H,43,45)(H,44,46)(H,47,48). The van der Waals surface area contributed by atoms with Gasteiger partial charge in [-0.1, -0.05) is 123 Å². The molecule has 258 valence electrons. The number of carbonyl (C=O) groups excluding carboxylic acids is 2. The van der Waals surface area contributed by atoms with Crippen molar-refractivity contribution in [2.24, 2.45) is 0 Å². The van der Waals surface area contributed by atoms with Gasteiger partial charge in [0, 0.05) is 22.0 Å². The van der Waals surface area contributed by atoms with E-state index in [4.69, 9.17) is 4.74 Å². The van der Waals surface area contributed by atoms with E-state index in [1.54, 1.807) is 30.3 Å². The number of ether oxygens (including phenoxy) is 1. The number of anilines is 1. The van der Waals surface area contributed by atoms with Gasteiger partial charge in [0.2, 0.25) is 0 Å². The first-order chi connectivity index (χ1) is 23.8. The van der Waals surface area contributed by atoms with E-state index in [1.807, 2.05) is 60.7 Å². The molecule has 0 aliphatic rings. The van der Waals surface area contributed by atoms with Crippen molar-refractivity contribution < 1.29 is 24.2 Å². The molecule has 0 fully saturated rings. The lowest BCUT2D eigenvalue weighted by molar-refractivity contribution is -0.139. The Kier molecular flexibility index (Phi) is 14.9. The van der Waals surface area contributed by atoms with E-state index in [0.717, 1.165) is 49.7 Å². The number of nitrogens with one attached hydrogen (secondary N) is 2. The molecule has 0 heterocycles. The van der Waals surface area contributed by atoms with Crippen LogP contribution >= 0.6 is 15.9 Å². The number of halogens is 1. The van der Waals surface area contributed by atoms with Gasteiger partial charge < -0.3 is 20.5 Å². The lowest BCUT2D eigenvalue weighted by Crippen LogP contribution is -2.42. The van der Waals surface area contributed by atoms with Crippen molar-refractivity contribution in [3.63, 3.8) is 0 Å². The molecule has 3 N–H and O–H groups in total. The summed E-state index contributed by atoms with van der Waals surface area (Å²) < 4.78 is 6.84. The third-order valence-corrected chi connectivity index (χ3v) is 8.93. The SMILES string of the molecule is CCCCCCOc1cc(CC(NC(=O)c2cc(Br)ccc2NC(=O)c2ccc(CCCCCC)cc2)C(=O)O)ccc1-c1ccccc1. The van der Waals surface area contributed by atoms with Crippen molar-refractivity contribution >= 4 is 39.4 Å². The van der Waals surface area contributed by atoms with Crippen LogP contribution in [0, 0.1) is 0 Å². The molecule has 49 heavy (non-hydrogen) atoms. The van der Waals surface area contributed by atoms with Crippen molar-refractivity contribution in [2.45, 2.75) is 84.1 Å². The summed E-state index contributed by atoms with van der Waals surface area (Å²) in [5, 5.41) is 15.7. The number of rotatable bonds is 19. The highest BCUT2D eigenvalue weighted by molar-refractivity contribution is 9.10. The summed E-state index contributed by atoms with van der Waals surface area (Å²) in [6.45, 7) is 4.91. The predicted molar refractivity (Wildman–Crippen MR) is 200 cm³/mol. The summed E-state index contributed by atoms with van der Waals surface area (Å²) in [7, 11) is 0. The van der Waals surface area contributed by atoms with Gasteiger partial charge in [0.25, 0.3) is 11.8 Å². The van der Waals surface area contributed by atoms with Gasteiger partial charge in [0.05, 0.1) is 17.9 Å². The molecule has 0 aliphatic heterocycles. The molecular formula is C41H47BrN2O5. The quantitative estimate of drug-likeness (QED) is 0.0835. The first kappa shape index (κ1) is 37.4. The third kappa shape index (κ3) is 11.6. The molecule has 8 heteroatoms. The average Bonchev–Trinajstić information content (AvgIpc) is 3.11. The molecule has 0 aromatic heterocycles. The van der Waals surface area contributed by atoms with E-state index in [1.165, 1.54) is 24.8 Å². The molecule has 0 saturated carbocycles. The predicted octanol–water partition coefficient (Wildman–Crippen LogP) is 9.88. The minimum absolute atomic E-state index is 0.0445. The normalized spacial score (nSPS) is 11.5. The van der Waals surface area contributed by atoms with Crippen LogP contribution in [0.4, 0.5) is 5.69 Å². The maximum absolute atomic E-state index is 13.6. The fraction of sp³-hybridized carbons (Fsp3) is 0.341. The van der Waals surface area contributed by atoms with Crippen molar-refractivity contribution in [3.8, 4) is 16.9 Å². The van der Waals surface area contributed by atoms with E-state index in [2.05, 4.69) is 40.4 Å². The fourth-order valence-corrected chi connectivity index (χ4v) is 6.00. The summed E-state index contributed by atoms with van der Waals surface area (Å²) >= 11 is 3.41. The molecule has 0 radical (unpaired) electrons. The van der Waals surface area contributed by atoms with Gasteiger partial charge in [-0.15, -0.1) is 0 Å². The molecule has 0 aliphatic carbocycles. The van der Waals surface area contributed by atoms with Gasteiger partial charge in [-0.25, -0.2) is 4.79 Å². The van der Waals surface area contributed by atoms with E-state index in [9.17, 15) is 19.5 Å². The average molecular weight is 728 g/mol. The molecule has 4 aromatic rings. The topological polar surface area (TPSA) is 105 Å². The molecule has 1 atom stereocenters. The van der Waals surface area contributed by atoms with E-state index < -0.39 is 17.9 Å². The van der Waals surface area contributed by atoms with Crippen LogP contribution in [0.3, 0.4) is 0 Å². The monoisotopic (exact) mass is 726 g/mol. The van der Waals surface area contributed by atoms with Gasteiger partial charge in [-0.2, -0.15) is 0 Å². The molecule has 7 nitrogen and oxygen atoms in total. The van der Waals surface area contributed by atoms with Crippen LogP contribution in [0.25, 0.3) is 11.1 Å². The van der Waals surface area contributed by atoms with Gasteiger partial charge in [-0.3, -0.25) is 9.59 Å². The number of amides is 2. The molecule has 2 amide bonds. The van der Waals surface area contributed by atoms with Gasteiger partial charge >= 0.3 is 5.97 Å². The maximum Gasteiger partial charge on any atom is 0.326 e. The number of aryl methyl sites for hydroxylation is 1. The number of benzene rings is 4. The van der Waals surface area contributed by atoms with Crippen molar-refractivity contribution in [1.29, 1.82) is 0 Å². The van der Waals surface area contributed by atoms with E-state index >= 15 is 0 Å². The highest BCUT2D eigenvalue weighted by Crippen LogP contribution is 2.32. The number of carboxylic acid groups (broad SMARTS) is 1. The summed E-state index contributed by atoms with van der Waals surface area (Å²) in [6, 6.07) is 26.8. The van der Waals surface area contributed by atoms with Gasteiger partial charge in [-0.05, 0) is 72.4 Å². The molecule has 0 bridgehead atoms. The number of carboxylic acids is 1. The Hall–Kier alpha value is -4.43. The first-order valence-electron chi connectivity index (χ1n) is 17.3. The van der Waals surface area contributed by atoms with Crippen LogP contribution in [0.5, 0.6) is 5.75 Å². The number of carbonyl (C=O) groups is 3. The van der Waals surface area contributed by atoms with Crippen LogP contribution in [0.15, 0.2) is 95.5 Å². The molecule has 0 saturated heterocycles. The Morgan fingerprint density at radius 2 is 1.45 bits per heavy atom. The minimum atomic E-state index is -1.22. The summed E-state index contributed by atoms with van der Waals surface area (Å²) in [4.78, 5) is 39.2. The lowest BCUT2D eigenvalue weighted by atomic mass is 9.99. The zero-order valence-electron chi connectivity index (χ0n) is 28.5. The molecule has 1 unspecified atom stereocenters. The number of hydrogen-bond donors (Lipinski definition) is 3. The minimum Gasteiger partial charge on any atom is -0.493 e. The van der Waals surface area contributed by atoms with Crippen molar-refractivity contribution in [2.75, 3.05) is 11.9 Å². The third-order valence-electron chi connectivity index (χ3n) is 8.44. The van der Waals surface area contributed by atoms with E-state index in [-0.39, 0.29) is 23.6 Å². The summed E-state index contributed by atoms with van der Waals surface area (Å²) in [5.41, 5.74) is 4.72. The number of unbranched alkanes of at least 4 members (excludes halogenated alkanes) is 6. The maximum atomic E-state index is 13.6. The van der Waals surface area contributed by atoms with Crippen LogP contribution in [-0.4, -0.2) is 35.5 Å². The molecule has 4 aromatic carbocycles. The largest absolute Gasteiger partial charge is 0.493 e. The van der Waals surface area contributed by atoms with Gasteiger partial charge in [0.15, 0.2) is 0 Å². The second-order valence-electron chi connectivity index (χ2n) is 12.3. The number of hydrogen-bond acceptors (Lipinski definition) is 4. The van der Waals surface area contributed by atoms with Crippen LogP contribution < -0.4 is 15.4 Å². The van der Waals surface area contributed by atoms with E-state index in [0.29, 0.717) is 28.0 Å². The molecular weight excluding hydrogens is 680 g/mol. The summed E-state index contributed by atoms with van der Waals surface area (Å²) in [6.07, 6.45) is 9.99. The van der Waals surface area contributed by atoms with Crippen molar-refractivity contribution in [1.82, 2.24) is 5.32 Å². The number of aliphatic carboxylic acids is 1. The second-order valence-corrected chi connectivity index (χ2v) is 13.2. The highest BCUT2D eigenvalue weighted by atomic mass is 79.9.